The Bertz CT molecular complexity index is 777. The van der Waals surface area contributed by atoms with Gasteiger partial charge in [-0.15, -0.1) is 23.7 Å². The Morgan fingerprint density at radius 1 is 1.35 bits per heavy atom. The molecule has 1 saturated heterocycles. The van der Waals surface area contributed by atoms with Crippen molar-refractivity contribution in [3.8, 4) is 0 Å². The van der Waals surface area contributed by atoms with Crippen LogP contribution in [0.2, 0.25) is 5.02 Å². The fraction of sp³-hybridized carbons (Fsp3) is 0.333. The first-order valence-corrected chi connectivity index (χ1v) is 9.72. The summed E-state index contributed by atoms with van der Waals surface area (Å²) < 4.78 is 28.0. The van der Waals surface area contributed by atoms with Crippen molar-refractivity contribution in [1.82, 2.24) is 9.62 Å². The monoisotopic (exact) mass is 392 g/mol. The van der Waals surface area contributed by atoms with Gasteiger partial charge in [0, 0.05) is 24.7 Å². The SMILES string of the molecule is Cc1ccsc1S(=O)(=O)N1CCNCC1c1cccc(Cl)c1.Cl. The first-order valence-electron chi connectivity index (χ1n) is 7.02. The molecule has 1 aromatic carbocycles. The lowest BCUT2D eigenvalue weighted by Crippen LogP contribution is -2.48. The minimum absolute atomic E-state index is 0. The van der Waals surface area contributed by atoms with E-state index in [4.69, 9.17) is 11.6 Å². The highest BCUT2D eigenvalue weighted by Gasteiger charge is 2.35. The number of rotatable bonds is 3. The van der Waals surface area contributed by atoms with Crippen molar-refractivity contribution in [2.75, 3.05) is 19.6 Å². The zero-order chi connectivity index (χ0) is 15.7. The topological polar surface area (TPSA) is 49.4 Å². The van der Waals surface area contributed by atoms with E-state index >= 15 is 0 Å². The number of nitrogens with zero attached hydrogens (tertiary/aromatic N) is 1. The van der Waals surface area contributed by atoms with Gasteiger partial charge in [0.05, 0.1) is 6.04 Å². The third-order valence-electron chi connectivity index (χ3n) is 3.79. The molecule has 0 spiro atoms. The number of aryl methyl sites for hydroxylation is 1. The van der Waals surface area contributed by atoms with Gasteiger partial charge in [-0.3, -0.25) is 0 Å². The van der Waals surface area contributed by atoms with Crippen LogP contribution >= 0.6 is 35.3 Å². The third kappa shape index (κ3) is 3.73. The molecule has 0 saturated carbocycles. The zero-order valence-corrected chi connectivity index (χ0v) is 15.7. The Labute approximate surface area is 151 Å². The minimum atomic E-state index is -3.49. The molecule has 2 heterocycles. The number of halogens is 2. The molecule has 1 unspecified atom stereocenters. The van der Waals surface area contributed by atoms with Crippen LogP contribution in [0.4, 0.5) is 0 Å². The van der Waals surface area contributed by atoms with Gasteiger partial charge in [-0.2, -0.15) is 4.31 Å². The number of hydrogen-bond acceptors (Lipinski definition) is 4. The molecule has 0 aliphatic carbocycles. The third-order valence-corrected chi connectivity index (χ3v) is 7.59. The lowest BCUT2D eigenvalue weighted by Gasteiger charge is -2.35. The van der Waals surface area contributed by atoms with Crippen molar-refractivity contribution in [3.63, 3.8) is 0 Å². The standard InChI is InChI=1S/C15H17ClN2O2S2.ClH/c1-11-5-8-21-15(11)22(19,20)18-7-6-17-10-14(18)12-3-2-4-13(16)9-12;/h2-5,8-9,14,17H,6-7,10H2,1H3;1H. The second-order valence-electron chi connectivity index (χ2n) is 5.28. The summed E-state index contributed by atoms with van der Waals surface area (Å²) in [5.74, 6) is 0. The minimum Gasteiger partial charge on any atom is -0.313 e. The molecule has 0 radical (unpaired) electrons. The van der Waals surface area contributed by atoms with E-state index in [1.807, 2.05) is 36.6 Å². The number of thiophene rings is 1. The molecule has 1 atom stereocenters. The average molecular weight is 393 g/mol. The maximum Gasteiger partial charge on any atom is 0.253 e. The zero-order valence-electron chi connectivity index (χ0n) is 12.5. The average Bonchev–Trinajstić information content (AvgIpc) is 2.94. The summed E-state index contributed by atoms with van der Waals surface area (Å²) in [6.45, 7) is 3.53. The van der Waals surface area contributed by atoms with Gasteiger partial charge < -0.3 is 5.32 Å². The summed E-state index contributed by atoms with van der Waals surface area (Å²) in [7, 11) is -3.49. The highest BCUT2D eigenvalue weighted by Crippen LogP contribution is 2.33. The molecule has 1 fully saturated rings. The smallest absolute Gasteiger partial charge is 0.253 e. The first-order chi connectivity index (χ1) is 10.5. The predicted octanol–water partition coefficient (Wildman–Crippen LogP) is 3.47. The highest BCUT2D eigenvalue weighted by molar-refractivity contribution is 7.91. The number of hydrogen-bond donors (Lipinski definition) is 1. The Hall–Kier alpha value is -0.630. The number of benzene rings is 1. The Morgan fingerprint density at radius 2 is 2.13 bits per heavy atom. The van der Waals surface area contributed by atoms with Gasteiger partial charge in [-0.05, 0) is 41.6 Å². The molecule has 8 heteroatoms. The summed E-state index contributed by atoms with van der Waals surface area (Å²) >= 11 is 7.34. The van der Waals surface area contributed by atoms with Gasteiger partial charge in [-0.1, -0.05) is 23.7 Å². The molecular formula is C15H18Cl2N2O2S2. The van der Waals surface area contributed by atoms with Crippen molar-refractivity contribution < 1.29 is 8.42 Å². The fourth-order valence-corrected chi connectivity index (χ4v) is 6.04. The van der Waals surface area contributed by atoms with Crippen LogP contribution in [0.3, 0.4) is 0 Å². The second-order valence-corrected chi connectivity index (χ2v) is 8.72. The molecule has 1 aromatic heterocycles. The van der Waals surface area contributed by atoms with E-state index in [0.29, 0.717) is 28.9 Å². The van der Waals surface area contributed by atoms with Crippen LogP contribution in [-0.4, -0.2) is 32.4 Å². The molecular weight excluding hydrogens is 375 g/mol. The summed E-state index contributed by atoms with van der Waals surface area (Å²) in [4.78, 5) is 0. The van der Waals surface area contributed by atoms with Crippen LogP contribution < -0.4 is 5.32 Å². The second kappa shape index (κ2) is 7.51. The maximum atomic E-state index is 13.0. The molecule has 0 bridgehead atoms. The molecule has 2 aromatic rings. The Morgan fingerprint density at radius 3 is 2.78 bits per heavy atom. The van der Waals surface area contributed by atoms with Gasteiger partial charge in [0.25, 0.3) is 10.0 Å². The number of piperazine rings is 1. The molecule has 3 rings (SSSR count). The van der Waals surface area contributed by atoms with E-state index in [-0.39, 0.29) is 18.4 Å². The molecule has 23 heavy (non-hydrogen) atoms. The van der Waals surface area contributed by atoms with Crippen molar-refractivity contribution in [2.45, 2.75) is 17.2 Å². The van der Waals surface area contributed by atoms with Crippen molar-refractivity contribution in [3.05, 3.63) is 51.9 Å². The van der Waals surface area contributed by atoms with Crippen LogP contribution in [0.5, 0.6) is 0 Å². The number of sulfonamides is 1. The van der Waals surface area contributed by atoms with Crippen LogP contribution in [-0.2, 0) is 10.0 Å². The summed E-state index contributed by atoms with van der Waals surface area (Å²) in [5, 5.41) is 5.71. The van der Waals surface area contributed by atoms with Crippen LogP contribution in [0.1, 0.15) is 17.2 Å². The molecule has 0 amide bonds. The van der Waals surface area contributed by atoms with Gasteiger partial charge in [-0.25, -0.2) is 8.42 Å². The fourth-order valence-electron chi connectivity index (χ4n) is 2.70. The highest BCUT2D eigenvalue weighted by atomic mass is 35.5. The molecule has 4 nitrogen and oxygen atoms in total. The summed E-state index contributed by atoms with van der Waals surface area (Å²) in [5.41, 5.74) is 1.71. The van der Waals surface area contributed by atoms with Crippen molar-refractivity contribution in [2.24, 2.45) is 0 Å². The number of nitrogens with one attached hydrogen (secondary N) is 1. The Kier molecular flexibility index (Phi) is 6.10. The summed E-state index contributed by atoms with van der Waals surface area (Å²) in [6.07, 6.45) is 0. The Balaban J connectivity index is 0.00000192. The van der Waals surface area contributed by atoms with E-state index in [0.717, 1.165) is 11.1 Å². The molecule has 126 valence electrons. The van der Waals surface area contributed by atoms with Crippen LogP contribution in [0.25, 0.3) is 0 Å². The van der Waals surface area contributed by atoms with Crippen LogP contribution in [0.15, 0.2) is 39.9 Å². The van der Waals surface area contributed by atoms with Gasteiger partial charge >= 0.3 is 0 Å². The van der Waals surface area contributed by atoms with E-state index in [1.54, 1.807) is 10.4 Å². The van der Waals surface area contributed by atoms with Gasteiger partial charge in [0.15, 0.2) is 0 Å². The maximum absolute atomic E-state index is 13.0. The van der Waals surface area contributed by atoms with E-state index < -0.39 is 10.0 Å². The van der Waals surface area contributed by atoms with Crippen molar-refractivity contribution in [1.29, 1.82) is 0 Å². The van der Waals surface area contributed by atoms with Crippen LogP contribution in [0, 0.1) is 6.92 Å². The molecule has 1 aliphatic heterocycles. The largest absolute Gasteiger partial charge is 0.313 e. The lowest BCUT2D eigenvalue weighted by molar-refractivity contribution is 0.272. The quantitative estimate of drug-likeness (QED) is 0.869. The van der Waals surface area contributed by atoms with Gasteiger partial charge in [0.1, 0.15) is 4.21 Å². The normalized spacial score (nSPS) is 19.3. The lowest BCUT2D eigenvalue weighted by atomic mass is 10.1. The van der Waals surface area contributed by atoms with E-state index in [2.05, 4.69) is 5.32 Å². The first kappa shape index (κ1) is 18.7. The summed E-state index contributed by atoms with van der Waals surface area (Å²) in [6, 6.07) is 9.01. The molecule has 1 N–H and O–H groups in total. The molecule has 1 aliphatic rings. The predicted molar refractivity (Wildman–Crippen MR) is 97.3 cm³/mol. The van der Waals surface area contributed by atoms with E-state index in [9.17, 15) is 8.42 Å². The van der Waals surface area contributed by atoms with Crippen molar-refractivity contribution >= 4 is 45.4 Å². The van der Waals surface area contributed by atoms with E-state index in [1.165, 1.54) is 11.3 Å². The van der Waals surface area contributed by atoms with Gasteiger partial charge in [0.2, 0.25) is 0 Å².